The Kier molecular flexibility index (Phi) is 4.49. The van der Waals surface area contributed by atoms with E-state index in [1.165, 1.54) is 0 Å². The highest BCUT2D eigenvalue weighted by atomic mass is 35.5. The maximum Gasteiger partial charge on any atom is 0.160 e. The Morgan fingerprint density at radius 2 is 2.21 bits per heavy atom. The predicted molar refractivity (Wildman–Crippen MR) is 62.5 cm³/mol. The van der Waals surface area contributed by atoms with Gasteiger partial charge in [0.05, 0.1) is 0 Å². The molecular weight excluding hydrogens is 216 g/mol. The maximum absolute atomic E-state index is 11.3. The largest absolute Gasteiger partial charge is 0.294 e. The molecule has 0 aromatic heterocycles. The molecule has 0 aliphatic rings. The summed E-state index contributed by atoms with van der Waals surface area (Å²) in [5.74, 6) is 1.10. The van der Waals surface area contributed by atoms with E-state index in [1.54, 1.807) is 24.8 Å². The van der Waals surface area contributed by atoms with Gasteiger partial charge in [0, 0.05) is 15.5 Å². The lowest BCUT2D eigenvalue weighted by Crippen LogP contribution is -1.95. The summed E-state index contributed by atoms with van der Waals surface area (Å²) in [6.07, 6.45) is 1.10. The maximum atomic E-state index is 11.3. The van der Waals surface area contributed by atoms with Gasteiger partial charge in [-0.15, -0.1) is 11.8 Å². The topological polar surface area (TPSA) is 17.1 Å². The molecule has 1 aromatic carbocycles. The summed E-state index contributed by atoms with van der Waals surface area (Å²) >= 11 is 7.54. The molecule has 0 saturated heterocycles. The van der Waals surface area contributed by atoms with Gasteiger partial charge in [0.25, 0.3) is 0 Å². The number of halogens is 1. The van der Waals surface area contributed by atoms with Crippen molar-refractivity contribution in [3.05, 3.63) is 28.8 Å². The van der Waals surface area contributed by atoms with Crippen molar-refractivity contribution < 1.29 is 4.79 Å². The Morgan fingerprint density at radius 3 is 2.79 bits per heavy atom. The molecule has 0 atom stereocenters. The first-order valence-corrected chi connectivity index (χ1v) is 5.94. The summed E-state index contributed by atoms with van der Waals surface area (Å²) in [5.41, 5.74) is 0.732. The fourth-order valence-corrected chi connectivity index (χ4v) is 2.23. The van der Waals surface area contributed by atoms with E-state index in [9.17, 15) is 4.79 Å². The molecule has 14 heavy (non-hydrogen) atoms. The zero-order valence-corrected chi connectivity index (χ0v) is 9.91. The summed E-state index contributed by atoms with van der Waals surface area (Å²) in [7, 11) is 0. The van der Waals surface area contributed by atoms with Crippen molar-refractivity contribution in [3.63, 3.8) is 0 Å². The molecule has 0 saturated carbocycles. The van der Waals surface area contributed by atoms with Gasteiger partial charge in [-0.25, -0.2) is 0 Å². The number of hydrogen-bond donors (Lipinski definition) is 0. The molecule has 76 valence electrons. The molecule has 0 fully saturated rings. The first-order valence-electron chi connectivity index (χ1n) is 4.58. The van der Waals surface area contributed by atoms with E-state index in [0.29, 0.717) is 5.02 Å². The van der Waals surface area contributed by atoms with Crippen LogP contribution in [0.2, 0.25) is 5.02 Å². The van der Waals surface area contributed by atoms with Crippen LogP contribution in [0, 0.1) is 0 Å². The summed E-state index contributed by atoms with van der Waals surface area (Å²) in [4.78, 5) is 12.3. The summed E-state index contributed by atoms with van der Waals surface area (Å²) < 4.78 is 0. The first-order chi connectivity index (χ1) is 6.65. The highest BCUT2D eigenvalue weighted by Crippen LogP contribution is 2.26. The van der Waals surface area contributed by atoms with Gasteiger partial charge in [-0.3, -0.25) is 4.79 Å². The molecule has 0 unspecified atom stereocenters. The smallest absolute Gasteiger partial charge is 0.160 e. The second-order valence-corrected chi connectivity index (χ2v) is 4.62. The number of ketones is 1. The van der Waals surface area contributed by atoms with E-state index in [0.717, 1.165) is 22.6 Å². The standard InChI is InChI=1S/C11H13ClOS/c1-3-6-14-11-5-4-9(12)7-10(11)8(2)13/h4-5,7H,3,6H2,1-2H3. The third-order valence-corrected chi connectivity index (χ3v) is 3.30. The van der Waals surface area contributed by atoms with Gasteiger partial charge in [0.15, 0.2) is 5.78 Å². The summed E-state index contributed by atoms with van der Waals surface area (Å²) in [6, 6.07) is 5.48. The molecule has 0 amide bonds. The van der Waals surface area contributed by atoms with E-state index in [-0.39, 0.29) is 5.78 Å². The number of rotatable bonds is 4. The lowest BCUT2D eigenvalue weighted by Gasteiger charge is -2.05. The fraction of sp³-hybridized carbons (Fsp3) is 0.364. The van der Waals surface area contributed by atoms with Crippen LogP contribution in [-0.4, -0.2) is 11.5 Å². The number of Topliss-reactive ketones (excluding diaryl/α,β-unsaturated/α-hetero) is 1. The number of carbonyl (C=O) groups is 1. The van der Waals surface area contributed by atoms with Gasteiger partial charge in [0.2, 0.25) is 0 Å². The lowest BCUT2D eigenvalue weighted by molar-refractivity contribution is 0.101. The predicted octanol–water partition coefficient (Wildman–Crippen LogP) is 4.04. The van der Waals surface area contributed by atoms with E-state index in [4.69, 9.17) is 11.6 Å². The molecule has 0 aliphatic carbocycles. The second-order valence-electron chi connectivity index (χ2n) is 3.05. The Morgan fingerprint density at radius 1 is 1.50 bits per heavy atom. The van der Waals surface area contributed by atoms with Crippen molar-refractivity contribution in [2.75, 3.05) is 5.75 Å². The first kappa shape index (κ1) is 11.6. The van der Waals surface area contributed by atoms with E-state index in [1.807, 2.05) is 12.1 Å². The van der Waals surface area contributed by atoms with Crippen LogP contribution in [0.1, 0.15) is 30.6 Å². The van der Waals surface area contributed by atoms with Crippen molar-refractivity contribution in [1.82, 2.24) is 0 Å². The van der Waals surface area contributed by atoms with Crippen LogP contribution in [0.25, 0.3) is 0 Å². The van der Waals surface area contributed by atoms with Crippen LogP contribution in [0.5, 0.6) is 0 Å². The van der Waals surface area contributed by atoms with Gasteiger partial charge in [0.1, 0.15) is 0 Å². The zero-order valence-electron chi connectivity index (χ0n) is 8.34. The third-order valence-electron chi connectivity index (χ3n) is 1.78. The fourth-order valence-electron chi connectivity index (χ4n) is 1.12. The monoisotopic (exact) mass is 228 g/mol. The van der Waals surface area contributed by atoms with Crippen LogP contribution < -0.4 is 0 Å². The number of thioether (sulfide) groups is 1. The lowest BCUT2D eigenvalue weighted by atomic mass is 10.1. The molecule has 3 heteroatoms. The SMILES string of the molecule is CCCSc1ccc(Cl)cc1C(C)=O. The van der Waals surface area contributed by atoms with Crippen LogP contribution in [-0.2, 0) is 0 Å². The van der Waals surface area contributed by atoms with Crippen LogP contribution in [0.3, 0.4) is 0 Å². The van der Waals surface area contributed by atoms with Gasteiger partial charge < -0.3 is 0 Å². The van der Waals surface area contributed by atoms with Crippen LogP contribution >= 0.6 is 23.4 Å². The Balaban J connectivity index is 2.96. The number of hydrogen-bond acceptors (Lipinski definition) is 2. The molecule has 0 radical (unpaired) electrons. The Labute approximate surface area is 93.8 Å². The van der Waals surface area contributed by atoms with Crippen LogP contribution in [0.4, 0.5) is 0 Å². The van der Waals surface area contributed by atoms with Gasteiger partial charge in [-0.2, -0.15) is 0 Å². The molecule has 0 aliphatic heterocycles. The van der Waals surface area contributed by atoms with Gasteiger partial charge in [-0.05, 0) is 37.3 Å². The number of carbonyl (C=O) groups excluding carboxylic acids is 1. The molecule has 1 nitrogen and oxygen atoms in total. The molecule has 1 rings (SSSR count). The summed E-state index contributed by atoms with van der Waals surface area (Å²) in [6.45, 7) is 3.69. The van der Waals surface area contributed by atoms with E-state index >= 15 is 0 Å². The van der Waals surface area contributed by atoms with Crippen molar-refractivity contribution >= 4 is 29.1 Å². The normalized spacial score (nSPS) is 10.2. The third kappa shape index (κ3) is 3.03. The molecule has 0 heterocycles. The zero-order chi connectivity index (χ0) is 10.6. The highest BCUT2D eigenvalue weighted by Gasteiger charge is 2.07. The minimum absolute atomic E-state index is 0.0751. The Hall–Kier alpha value is -0.470. The molecule has 0 bridgehead atoms. The van der Waals surface area contributed by atoms with Gasteiger partial charge >= 0.3 is 0 Å². The number of benzene rings is 1. The quantitative estimate of drug-likeness (QED) is 0.572. The molecule has 0 N–H and O–H groups in total. The minimum Gasteiger partial charge on any atom is -0.294 e. The van der Waals surface area contributed by atoms with Gasteiger partial charge in [-0.1, -0.05) is 18.5 Å². The average Bonchev–Trinajstić information content (AvgIpc) is 2.15. The van der Waals surface area contributed by atoms with Crippen molar-refractivity contribution in [3.8, 4) is 0 Å². The van der Waals surface area contributed by atoms with E-state index in [2.05, 4.69) is 6.92 Å². The van der Waals surface area contributed by atoms with E-state index < -0.39 is 0 Å². The molecule has 0 spiro atoms. The van der Waals surface area contributed by atoms with Crippen molar-refractivity contribution in [2.24, 2.45) is 0 Å². The van der Waals surface area contributed by atoms with Crippen molar-refractivity contribution in [2.45, 2.75) is 25.2 Å². The second kappa shape index (κ2) is 5.42. The highest BCUT2D eigenvalue weighted by molar-refractivity contribution is 7.99. The van der Waals surface area contributed by atoms with Crippen LogP contribution in [0.15, 0.2) is 23.1 Å². The molecule has 1 aromatic rings. The van der Waals surface area contributed by atoms with Crippen molar-refractivity contribution in [1.29, 1.82) is 0 Å². The summed E-state index contributed by atoms with van der Waals surface area (Å²) in [5, 5.41) is 0.621. The average molecular weight is 229 g/mol. The molecular formula is C11H13ClOS. The minimum atomic E-state index is 0.0751. The Bertz CT molecular complexity index is 336.